The molecule has 0 spiro atoms. The topological polar surface area (TPSA) is 0 Å². The molecule has 2 saturated carbocycles. The quantitative estimate of drug-likeness (QED) is 0.268. The lowest BCUT2D eigenvalue weighted by atomic mass is 9.77. The predicted molar refractivity (Wildman–Crippen MR) is 160 cm³/mol. The van der Waals surface area contributed by atoms with Gasteiger partial charge in [0.05, 0.1) is 0 Å². The Labute approximate surface area is 231 Å². The van der Waals surface area contributed by atoms with Gasteiger partial charge in [-0.3, -0.25) is 0 Å². The van der Waals surface area contributed by atoms with Crippen molar-refractivity contribution in [2.75, 3.05) is 0 Å². The molecule has 202 valence electrons. The molecule has 0 heterocycles. The molecule has 0 bridgehead atoms. The van der Waals surface area contributed by atoms with Gasteiger partial charge in [-0.25, -0.2) is 4.39 Å². The smallest absolute Gasteiger partial charge is 0.131 e. The van der Waals surface area contributed by atoms with E-state index < -0.39 is 0 Å². The molecule has 1 heteroatoms. The van der Waals surface area contributed by atoms with Crippen molar-refractivity contribution in [1.29, 1.82) is 0 Å². The summed E-state index contributed by atoms with van der Waals surface area (Å²) in [5, 5.41) is 0. The van der Waals surface area contributed by atoms with Crippen LogP contribution in [-0.4, -0.2) is 0 Å². The Balaban J connectivity index is 1.14. The van der Waals surface area contributed by atoms with E-state index in [1.54, 1.807) is 0 Å². The van der Waals surface area contributed by atoms with Gasteiger partial charge >= 0.3 is 0 Å². The van der Waals surface area contributed by atoms with Gasteiger partial charge in [0.25, 0.3) is 0 Å². The van der Waals surface area contributed by atoms with Gasteiger partial charge in [-0.1, -0.05) is 93.8 Å². The molecular formula is C37H47F. The SMILES string of the molecule is CCCC1CCC(c2ccc(-c3ccc(CCc4ccc(C5CCC(CC)CC5)cc4)cc3)c(F)c2)CC1. The van der Waals surface area contributed by atoms with E-state index in [0.29, 0.717) is 5.92 Å². The summed E-state index contributed by atoms with van der Waals surface area (Å²) >= 11 is 0. The molecule has 5 rings (SSSR count). The largest absolute Gasteiger partial charge is 0.206 e. The van der Waals surface area contributed by atoms with Crippen molar-refractivity contribution in [2.24, 2.45) is 11.8 Å². The fraction of sp³-hybridized carbons (Fsp3) is 0.514. The van der Waals surface area contributed by atoms with Crippen LogP contribution >= 0.6 is 0 Å². The molecule has 2 aliphatic carbocycles. The van der Waals surface area contributed by atoms with Gasteiger partial charge in [-0.2, -0.15) is 0 Å². The van der Waals surface area contributed by atoms with Crippen LogP contribution in [0.5, 0.6) is 0 Å². The van der Waals surface area contributed by atoms with Gasteiger partial charge in [0, 0.05) is 5.56 Å². The van der Waals surface area contributed by atoms with E-state index in [-0.39, 0.29) is 5.82 Å². The molecule has 38 heavy (non-hydrogen) atoms. The second kappa shape index (κ2) is 13.1. The van der Waals surface area contributed by atoms with Gasteiger partial charge < -0.3 is 0 Å². The fourth-order valence-electron chi connectivity index (χ4n) is 7.21. The van der Waals surface area contributed by atoms with Crippen molar-refractivity contribution in [3.05, 3.63) is 94.8 Å². The minimum absolute atomic E-state index is 0.0748. The second-order valence-electron chi connectivity index (χ2n) is 12.3. The van der Waals surface area contributed by atoms with Crippen LogP contribution < -0.4 is 0 Å². The number of hydrogen-bond acceptors (Lipinski definition) is 0. The monoisotopic (exact) mass is 510 g/mol. The highest BCUT2D eigenvalue weighted by Gasteiger charge is 2.23. The molecule has 0 aromatic heterocycles. The van der Waals surface area contributed by atoms with E-state index in [1.807, 2.05) is 12.1 Å². The highest BCUT2D eigenvalue weighted by atomic mass is 19.1. The van der Waals surface area contributed by atoms with E-state index in [2.05, 4.69) is 68.4 Å². The molecule has 0 N–H and O–H groups in total. The number of benzene rings is 3. The molecule has 0 unspecified atom stereocenters. The van der Waals surface area contributed by atoms with Crippen LogP contribution in [0.4, 0.5) is 4.39 Å². The van der Waals surface area contributed by atoms with Crippen molar-refractivity contribution < 1.29 is 4.39 Å². The molecular weight excluding hydrogens is 463 g/mol. The minimum atomic E-state index is -0.0748. The summed E-state index contributed by atoms with van der Waals surface area (Å²) in [6.07, 6.45) is 16.6. The molecule has 0 nitrogen and oxygen atoms in total. The third-order valence-electron chi connectivity index (χ3n) is 9.85. The predicted octanol–water partition coefficient (Wildman–Crippen LogP) is 11.0. The molecule has 0 atom stereocenters. The zero-order valence-corrected chi connectivity index (χ0v) is 23.7. The maximum absolute atomic E-state index is 15.2. The van der Waals surface area contributed by atoms with Crippen LogP contribution in [0.3, 0.4) is 0 Å². The number of rotatable bonds is 9. The lowest BCUT2D eigenvalue weighted by Crippen LogP contribution is -2.13. The van der Waals surface area contributed by atoms with Crippen LogP contribution in [-0.2, 0) is 12.8 Å². The summed E-state index contributed by atoms with van der Waals surface area (Å²) in [5.41, 5.74) is 7.15. The van der Waals surface area contributed by atoms with E-state index >= 15 is 4.39 Å². The van der Waals surface area contributed by atoms with Gasteiger partial charge in [0.1, 0.15) is 5.82 Å². The Hall–Kier alpha value is -2.41. The molecule has 2 fully saturated rings. The Morgan fingerprint density at radius 3 is 1.68 bits per heavy atom. The Morgan fingerprint density at radius 2 is 1.13 bits per heavy atom. The average molecular weight is 511 g/mol. The maximum Gasteiger partial charge on any atom is 0.131 e. The minimum Gasteiger partial charge on any atom is -0.206 e. The molecule has 3 aromatic rings. The first-order valence-corrected chi connectivity index (χ1v) is 15.6. The third kappa shape index (κ3) is 6.77. The second-order valence-corrected chi connectivity index (χ2v) is 12.3. The van der Waals surface area contributed by atoms with Crippen molar-refractivity contribution >= 4 is 0 Å². The molecule has 2 aliphatic rings. The summed E-state index contributed by atoms with van der Waals surface area (Å²) in [4.78, 5) is 0. The summed E-state index contributed by atoms with van der Waals surface area (Å²) in [6, 6.07) is 24.0. The molecule has 0 saturated heterocycles. The van der Waals surface area contributed by atoms with E-state index in [4.69, 9.17) is 0 Å². The normalized spacial score (nSPS) is 23.9. The van der Waals surface area contributed by atoms with E-state index in [1.165, 1.54) is 92.9 Å². The first-order valence-electron chi connectivity index (χ1n) is 15.6. The lowest BCUT2D eigenvalue weighted by molar-refractivity contribution is 0.308. The number of aryl methyl sites for hydroxylation is 2. The molecule has 0 amide bonds. The highest BCUT2D eigenvalue weighted by molar-refractivity contribution is 5.65. The summed E-state index contributed by atoms with van der Waals surface area (Å²) < 4.78 is 15.2. The van der Waals surface area contributed by atoms with Gasteiger partial charge in [-0.15, -0.1) is 0 Å². The molecule has 0 radical (unpaired) electrons. The van der Waals surface area contributed by atoms with Crippen LogP contribution in [0.25, 0.3) is 11.1 Å². The van der Waals surface area contributed by atoms with Gasteiger partial charge in [0.15, 0.2) is 0 Å². The number of hydrogen-bond donors (Lipinski definition) is 0. The summed E-state index contributed by atoms with van der Waals surface area (Å²) in [7, 11) is 0. The van der Waals surface area contributed by atoms with Gasteiger partial charge in [-0.05, 0) is 122 Å². The van der Waals surface area contributed by atoms with Crippen molar-refractivity contribution in [3.63, 3.8) is 0 Å². The average Bonchev–Trinajstić information content (AvgIpc) is 2.97. The first kappa shape index (κ1) is 27.2. The zero-order chi connectivity index (χ0) is 26.3. The highest BCUT2D eigenvalue weighted by Crippen LogP contribution is 2.39. The van der Waals surface area contributed by atoms with E-state index in [9.17, 15) is 0 Å². The van der Waals surface area contributed by atoms with Crippen LogP contribution in [0.15, 0.2) is 66.7 Å². The molecule has 3 aromatic carbocycles. The van der Waals surface area contributed by atoms with Crippen molar-refractivity contribution in [3.8, 4) is 11.1 Å². The van der Waals surface area contributed by atoms with Crippen molar-refractivity contribution in [2.45, 2.75) is 109 Å². The zero-order valence-electron chi connectivity index (χ0n) is 23.7. The summed E-state index contributed by atoms with van der Waals surface area (Å²) in [6.45, 7) is 4.62. The first-order chi connectivity index (χ1) is 18.6. The Morgan fingerprint density at radius 1 is 0.605 bits per heavy atom. The van der Waals surface area contributed by atoms with Crippen molar-refractivity contribution in [1.82, 2.24) is 0 Å². The van der Waals surface area contributed by atoms with E-state index in [0.717, 1.165) is 41.7 Å². The Bertz CT molecular complexity index is 1130. The Kier molecular flexibility index (Phi) is 9.36. The van der Waals surface area contributed by atoms with Crippen LogP contribution in [0, 0.1) is 17.7 Å². The van der Waals surface area contributed by atoms with Gasteiger partial charge in [0.2, 0.25) is 0 Å². The lowest BCUT2D eigenvalue weighted by Gasteiger charge is -2.28. The fourth-order valence-corrected chi connectivity index (χ4v) is 7.21. The maximum atomic E-state index is 15.2. The molecule has 0 aliphatic heterocycles. The van der Waals surface area contributed by atoms with Crippen LogP contribution in [0.1, 0.15) is 119 Å². The van der Waals surface area contributed by atoms with Crippen LogP contribution in [0.2, 0.25) is 0 Å². The summed E-state index contributed by atoms with van der Waals surface area (Å²) in [5.74, 6) is 3.05. The standard InChI is InChI=1S/C37H47F/c1-3-5-28-10-20-33(21-11-28)35-24-25-36(37(38)26-35)34-22-14-30(15-23-34)7-6-29-12-18-32(19-13-29)31-16-8-27(4-2)9-17-31/h12-15,18-19,22-28,31,33H,3-11,16-17,20-21H2,1-2H3. The number of halogens is 1. The third-order valence-corrected chi connectivity index (χ3v) is 9.85.